The van der Waals surface area contributed by atoms with Gasteiger partial charge in [-0.3, -0.25) is 0 Å². The molecule has 0 N–H and O–H groups in total. The molecule has 0 radical (unpaired) electrons. The maximum Gasteiger partial charge on any atom is 0.238 e. The van der Waals surface area contributed by atoms with Gasteiger partial charge in [-0.2, -0.15) is 5.26 Å². The van der Waals surface area contributed by atoms with Gasteiger partial charge >= 0.3 is 0 Å². The van der Waals surface area contributed by atoms with E-state index in [9.17, 15) is 5.26 Å². The van der Waals surface area contributed by atoms with Crippen LogP contribution in [0.15, 0.2) is 91.4 Å². The molecule has 4 heterocycles. The van der Waals surface area contributed by atoms with Crippen molar-refractivity contribution >= 4 is 12.1 Å². The molecule has 0 aliphatic heterocycles. The molecule has 0 saturated carbocycles. The summed E-state index contributed by atoms with van der Waals surface area (Å²) in [4.78, 5) is 4.55. The van der Waals surface area contributed by atoms with Crippen LogP contribution in [0.2, 0.25) is 0 Å². The number of hydrogen-bond donors (Lipinski definition) is 0. The first-order valence-electron chi connectivity index (χ1n) is 10.1. The van der Waals surface area contributed by atoms with Crippen molar-refractivity contribution in [2.75, 3.05) is 0 Å². The van der Waals surface area contributed by atoms with Crippen LogP contribution in [0, 0.1) is 25.2 Å². The molecule has 0 spiro atoms. The van der Waals surface area contributed by atoms with Gasteiger partial charge in [0, 0.05) is 28.9 Å². The molecule has 32 heavy (non-hydrogen) atoms. The Morgan fingerprint density at radius 2 is 1.66 bits per heavy atom. The van der Waals surface area contributed by atoms with E-state index in [4.69, 9.17) is 13.3 Å². The molecular formula is C26H19N3O3. The van der Waals surface area contributed by atoms with Crippen molar-refractivity contribution in [1.29, 1.82) is 5.26 Å². The van der Waals surface area contributed by atoms with Gasteiger partial charge in [-0.05, 0) is 56.3 Å². The summed E-state index contributed by atoms with van der Waals surface area (Å²) >= 11 is 0. The first-order valence-corrected chi connectivity index (χ1v) is 10.1. The normalized spacial score (nSPS) is 11.3. The number of aromatic nitrogens is 1. The van der Waals surface area contributed by atoms with Gasteiger partial charge in [-0.25, -0.2) is 4.99 Å². The lowest BCUT2D eigenvalue weighted by Crippen LogP contribution is -1.98. The summed E-state index contributed by atoms with van der Waals surface area (Å²) in [7, 11) is 0. The lowest BCUT2D eigenvalue weighted by molar-refractivity contribution is 0.527. The van der Waals surface area contributed by atoms with Gasteiger partial charge in [0.2, 0.25) is 5.88 Å². The monoisotopic (exact) mass is 421 g/mol. The summed E-state index contributed by atoms with van der Waals surface area (Å²) in [6, 6.07) is 21.5. The fourth-order valence-electron chi connectivity index (χ4n) is 3.87. The third kappa shape index (κ3) is 3.26. The SMILES string of the molecule is Cc1cc(C=Nc2oc(-c3ccco3)c(-c3ccco3)c2C#N)c(C)n1-c1ccccc1. The minimum Gasteiger partial charge on any atom is -0.464 e. The number of rotatable bonds is 5. The fourth-order valence-corrected chi connectivity index (χ4v) is 3.87. The second-order valence-corrected chi connectivity index (χ2v) is 7.31. The van der Waals surface area contributed by atoms with E-state index in [0.717, 1.165) is 22.6 Å². The largest absolute Gasteiger partial charge is 0.464 e. The molecule has 5 rings (SSSR count). The molecule has 6 heteroatoms. The van der Waals surface area contributed by atoms with Crippen LogP contribution >= 0.6 is 0 Å². The van der Waals surface area contributed by atoms with Crippen LogP contribution in [0.5, 0.6) is 0 Å². The molecule has 0 amide bonds. The van der Waals surface area contributed by atoms with Gasteiger partial charge in [0.25, 0.3) is 0 Å². The van der Waals surface area contributed by atoms with E-state index in [1.807, 2.05) is 25.1 Å². The molecule has 6 nitrogen and oxygen atoms in total. The van der Waals surface area contributed by atoms with Gasteiger partial charge in [0.15, 0.2) is 11.5 Å². The van der Waals surface area contributed by atoms with Crippen LogP contribution in [0.4, 0.5) is 5.88 Å². The van der Waals surface area contributed by atoms with Crippen LogP contribution in [-0.4, -0.2) is 10.8 Å². The van der Waals surface area contributed by atoms with E-state index in [-0.39, 0.29) is 5.88 Å². The summed E-state index contributed by atoms with van der Waals surface area (Å²) in [5.41, 5.74) is 4.96. The second kappa shape index (κ2) is 7.97. The predicted octanol–water partition coefficient (Wildman–Crippen LogP) is 6.83. The molecule has 156 valence electrons. The van der Waals surface area contributed by atoms with Crippen molar-refractivity contribution in [3.8, 4) is 34.6 Å². The van der Waals surface area contributed by atoms with E-state index in [1.54, 1.807) is 43.0 Å². The summed E-state index contributed by atoms with van der Waals surface area (Å²) < 4.78 is 19.2. The molecule has 0 bridgehead atoms. The van der Waals surface area contributed by atoms with E-state index in [0.29, 0.717) is 28.4 Å². The molecule has 1 aromatic carbocycles. The van der Waals surface area contributed by atoms with Crippen LogP contribution < -0.4 is 0 Å². The number of para-hydroxylation sites is 1. The maximum atomic E-state index is 9.90. The summed E-state index contributed by atoms with van der Waals surface area (Å²) in [6.45, 7) is 4.09. The standard InChI is InChI=1S/C26H19N3O3/c1-17-14-19(18(2)29(17)20-8-4-3-5-9-20)16-28-26-21(15-27)24(22-10-6-12-30-22)25(32-26)23-11-7-13-31-23/h3-14,16H,1-2H3. The van der Waals surface area contributed by atoms with Gasteiger partial charge in [0.1, 0.15) is 17.4 Å². The molecule has 4 aromatic heterocycles. The third-order valence-corrected chi connectivity index (χ3v) is 5.32. The maximum absolute atomic E-state index is 9.90. The molecule has 0 aliphatic carbocycles. The number of nitriles is 1. The third-order valence-electron chi connectivity index (χ3n) is 5.32. The highest BCUT2D eigenvalue weighted by Gasteiger charge is 2.26. The van der Waals surface area contributed by atoms with Gasteiger partial charge in [-0.1, -0.05) is 18.2 Å². The molecule has 5 aromatic rings. The summed E-state index contributed by atoms with van der Waals surface area (Å²) in [5, 5.41) is 9.90. The molecule has 0 unspecified atom stereocenters. The van der Waals surface area contributed by atoms with E-state index in [2.05, 4.69) is 40.8 Å². The second-order valence-electron chi connectivity index (χ2n) is 7.31. The zero-order chi connectivity index (χ0) is 22.1. The Hall–Kier alpha value is -4.50. The Bertz CT molecular complexity index is 1430. The minimum absolute atomic E-state index is 0.204. The molecular weight excluding hydrogens is 402 g/mol. The smallest absolute Gasteiger partial charge is 0.238 e. The van der Waals surface area contributed by atoms with Crippen molar-refractivity contribution in [2.24, 2.45) is 4.99 Å². The highest BCUT2D eigenvalue weighted by atomic mass is 16.4. The lowest BCUT2D eigenvalue weighted by atomic mass is 10.1. The first-order chi connectivity index (χ1) is 15.7. The van der Waals surface area contributed by atoms with Crippen molar-refractivity contribution in [1.82, 2.24) is 4.57 Å². The van der Waals surface area contributed by atoms with Crippen molar-refractivity contribution < 1.29 is 13.3 Å². The van der Waals surface area contributed by atoms with Crippen molar-refractivity contribution in [3.63, 3.8) is 0 Å². The average Bonchev–Trinajstić information content (AvgIpc) is 3.59. The Labute approximate surface area is 184 Å². The number of hydrogen-bond acceptors (Lipinski definition) is 5. The number of benzene rings is 1. The Morgan fingerprint density at radius 3 is 2.31 bits per heavy atom. The van der Waals surface area contributed by atoms with E-state index in [1.165, 1.54) is 0 Å². The molecule has 0 atom stereocenters. The minimum atomic E-state index is 0.204. The number of aryl methyl sites for hydroxylation is 1. The van der Waals surface area contributed by atoms with Crippen molar-refractivity contribution in [2.45, 2.75) is 13.8 Å². The van der Waals surface area contributed by atoms with Crippen molar-refractivity contribution in [3.05, 3.63) is 95.7 Å². The first kappa shape index (κ1) is 19.5. The lowest BCUT2D eigenvalue weighted by Gasteiger charge is -2.08. The van der Waals surface area contributed by atoms with Crippen LogP contribution in [0.3, 0.4) is 0 Å². The number of furan rings is 3. The molecule has 0 aliphatic rings. The Balaban J connectivity index is 1.60. The fraction of sp³-hybridized carbons (Fsp3) is 0.0769. The average molecular weight is 421 g/mol. The Morgan fingerprint density at radius 1 is 0.938 bits per heavy atom. The van der Waals surface area contributed by atoms with Crippen LogP contribution in [-0.2, 0) is 0 Å². The zero-order valence-electron chi connectivity index (χ0n) is 17.6. The predicted molar refractivity (Wildman–Crippen MR) is 121 cm³/mol. The van der Waals surface area contributed by atoms with Crippen LogP contribution in [0.25, 0.3) is 28.5 Å². The summed E-state index contributed by atoms with van der Waals surface area (Å²) in [5.74, 6) is 1.62. The van der Waals surface area contributed by atoms with Crippen LogP contribution in [0.1, 0.15) is 22.5 Å². The summed E-state index contributed by atoms with van der Waals surface area (Å²) in [6.07, 6.45) is 4.83. The van der Waals surface area contributed by atoms with Gasteiger partial charge in [-0.15, -0.1) is 0 Å². The molecule has 0 saturated heterocycles. The topological polar surface area (TPSA) is 80.5 Å². The van der Waals surface area contributed by atoms with E-state index >= 15 is 0 Å². The van der Waals surface area contributed by atoms with Gasteiger partial charge < -0.3 is 17.8 Å². The quantitative estimate of drug-likeness (QED) is 0.291. The number of aliphatic imine (C=N–C) groups is 1. The number of nitrogens with zero attached hydrogens (tertiary/aromatic N) is 3. The highest BCUT2D eigenvalue weighted by Crippen LogP contribution is 2.42. The molecule has 0 fully saturated rings. The Kier molecular flexibility index (Phi) is 4.85. The zero-order valence-corrected chi connectivity index (χ0v) is 17.6. The highest BCUT2D eigenvalue weighted by molar-refractivity contribution is 5.88. The van der Waals surface area contributed by atoms with Gasteiger partial charge in [0.05, 0.1) is 18.1 Å². The van der Waals surface area contributed by atoms with E-state index < -0.39 is 0 Å².